The molecule has 0 atom stereocenters. The molecule has 0 unspecified atom stereocenters. The summed E-state index contributed by atoms with van der Waals surface area (Å²) in [6, 6.07) is 14.5. The second kappa shape index (κ2) is 10.9. The molecule has 0 aliphatic carbocycles. The van der Waals surface area contributed by atoms with E-state index in [0.29, 0.717) is 5.75 Å². The molecular weight excluding hydrogens is 434 g/mol. The summed E-state index contributed by atoms with van der Waals surface area (Å²) in [5.74, 6) is 1.41. The highest BCUT2D eigenvalue weighted by atomic mass is 32.2. The first-order valence-corrected chi connectivity index (χ1v) is 12.3. The average molecular weight is 466 g/mol. The maximum absolute atomic E-state index is 12.8. The number of rotatable bonds is 8. The van der Waals surface area contributed by atoms with Crippen LogP contribution >= 0.6 is 11.8 Å². The Morgan fingerprint density at radius 3 is 2.48 bits per heavy atom. The zero-order valence-electron chi connectivity index (χ0n) is 19.5. The standard InChI is InChI=1S/C25H31N5O2S/c1-19-4-7-22(16-20(19)2)30-18-26-27-25(30)33-17-24(31)29-14-12-28(13-15-29)11-10-21-5-8-23(32-3)9-6-21/h4-9,16,18H,10-15,17H2,1-3H3. The van der Waals surface area contributed by atoms with Crippen molar-refractivity contribution in [2.24, 2.45) is 0 Å². The fraction of sp³-hybridized carbons (Fsp3) is 0.400. The minimum atomic E-state index is 0.157. The van der Waals surface area contributed by atoms with Crippen LogP contribution in [0.15, 0.2) is 53.9 Å². The fourth-order valence-corrected chi connectivity index (χ4v) is 4.72. The molecule has 174 valence electrons. The van der Waals surface area contributed by atoms with Gasteiger partial charge >= 0.3 is 0 Å². The molecule has 1 aliphatic rings. The lowest BCUT2D eigenvalue weighted by Crippen LogP contribution is -2.49. The molecule has 4 rings (SSSR count). The molecule has 1 aliphatic heterocycles. The van der Waals surface area contributed by atoms with Crippen molar-refractivity contribution in [1.29, 1.82) is 0 Å². The molecule has 1 amide bonds. The van der Waals surface area contributed by atoms with Gasteiger partial charge in [-0.3, -0.25) is 14.3 Å². The van der Waals surface area contributed by atoms with Gasteiger partial charge in [-0.2, -0.15) is 0 Å². The Balaban J connectivity index is 1.24. The van der Waals surface area contributed by atoms with E-state index < -0.39 is 0 Å². The van der Waals surface area contributed by atoms with E-state index >= 15 is 0 Å². The highest BCUT2D eigenvalue weighted by Crippen LogP contribution is 2.22. The largest absolute Gasteiger partial charge is 0.497 e. The highest BCUT2D eigenvalue weighted by molar-refractivity contribution is 7.99. The molecule has 0 radical (unpaired) electrons. The Kier molecular flexibility index (Phi) is 7.67. The predicted octanol–water partition coefficient (Wildman–Crippen LogP) is 3.37. The van der Waals surface area contributed by atoms with E-state index in [1.54, 1.807) is 13.4 Å². The Hall–Kier alpha value is -2.84. The van der Waals surface area contributed by atoms with Gasteiger partial charge in [0.05, 0.1) is 12.9 Å². The van der Waals surface area contributed by atoms with Crippen molar-refractivity contribution in [3.8, 4) is 11.4 Å². The zero-order chi connectivity index (χ0) is 23.2. The molecule has 0 spiro atoms. The van der Waals surface area contributed by atoms with Crippen molar-refractivity contribution >= 4 is 17.7 Å². The third kappa shape index (κ3) is 5.94. The summed E-state index contributed by atoms with van der Waals surface area (Å²) in [6.07, 6.45) is 2.71. The van der Waals surface area contributed by atoms with Crippen LogP contribution < -0.4 is 4.74 Å². The number of benzene rings is 2. The van der Waals surface area contributed by atoms with E-state index in [9.17, 15) is 4.79 Å². The number of hydrogen-bond acceptors (Lipinski definition) is 6. The van der Waals surface area contributed by atoms with Gasteiger partial charge in [-0.25, -0.2) is 0 Å². The third-order valence-electron chi connectivity index (χ3n) is 6.21. The Morgan fingerprint density at radius 1 is 1.03 bits per heavy atom. The van der Waals surface area contributed by atoms with Gasteiger partial charge in [0.1, 0.15) is 12.1 Å². The van der Waals surface area contributed by atoms with Crippen molar-refractivity contribution in [2.45, 2.75) is 25.4 Å². The Bertz CT molecular complexity index is 1070. The van der Waals surface area contributed by atoms with E-state index in [-0.39, 0.29) is 5.91 Å². The van der Waals surface area contributed by atoms with Crippen LogP contribution in [0, 0.1) is 13.8 Å². The summed E-state index contributed by atoms with van der Waals surface area (Å²) in [4.78, 5) is 17.2. The maximum atomic E-state index is 12.8. The quantitative estimate of drug-likeness (QED) is 0.476. The highest BCUT2D eigenvalue weighted by Gasteiger charge is 2.21. The molecule has 0 saturated carbocycles. The lowest BCUT2D eigenvalue weighted by atomic mass is 10.1. The SMILES string of the molecule is COc1ccc(CCN2CCN(C(=O)CSc3nncn3-c3ccc(C)c(C)c3)CC2)cc1. The molecule has 2 aromatic carbocycles. The van der Waals surface area contributed by atoms with Crippen LogP contribution in [0.5, 0.6) is 5.75 Å². The lowest BCUT2D eigenvalue weighted by Gasteiger charge is -2.34. The lowest BCUT2D eigenvalue weighted by molar-refractivity contribution is -0.130. The normalized spacial score (nSPS) is 14.5. The molecule has 3 aromatic rings. The molecular formula is C25H31N5O2S. The van der Waals surface area contributed by atoms with Crippen LogP contribution in [0.25, 0.3) is 5.69 Å². The van der Waals surface area contributed by atoms with E-state index in [2.05, 4.69) is 59.3 Å². The second-order valence-corrected chi connectivity index (χ2v) is 9.30. The fourth-order valence-electron chi connectivity index (χ4n) is 3.89. The number of aryl methyl sites for hydroxylation is 2. The van der Waals surface area contributed by atoms with Crippen LogP contribution in [0.4, 0.5) is 0 Å². The zero-order valence-corrected chi connectivity index (χ0v) is 20.3. The van der Waals surface area contributed by atoms with Crippen LogP contribution in [0.2, 0.25) is 0 Å². The van der Waals surface area contributed by atoms with Gasteiger partial charge in [0.25, 0.3) is 0 Å². The maximum Gasteiger partial charge on any atom is 0.233 e. The molecule has 8 heteroatoms. The number of hydrogen-bond donors (Lipinski definition) is 0. The summed E-state index contributed by atoms with van der Waals surface area (Å²) in [7, 11) is 1.68. The Morgan fingerprint density at radius 2 is 1.79 bits per heavy atom. The number of amides is 1. The van der Waals surface area contributed by atoms with Gasteiger partial charge in [0.2, 0.25) is 5.91 Å². The van der Waals surface area contributed by atoms with Crippen LogP contribution in [-0.4, -0.2) is 76.1 Å². The molecule has 2 heterocycles. The molecule has 0 bridgehead atoms. The van der Waals surface area contributed by atoms with E-state index in [1.165, 1.54) is 28.5 Å². The van der Waals surface area contributed by atoms with Gasteiger partial charge in [0.15, 0.2) is 5.16 Å². The van der Waals surface area contributed by atoms with Crippen LogP contribution in [-0.2, 0) is 11.2 Å². The predicted molar refractivity (Wildman–Crippen MR) is 131 cm³/mol. The number of carbonyl (C=O) groups is 1. The smallest absolute Gasteiger partial charge is 0.233 e. The molecule has 33 heavy (non-hydrogen) atoms. The van der Waals surface area contributed by atoms with Gasteiger partial charge < -0.3 is 9.64 Å². The van der Waals surface area contributed by atoms with Crippen molar-refractivity contribution in [3.05, 3.63) is 65.5 Å². The van der Waals surface area contributed by atoms with Crippen LogP contribution in [0.3, 0.4) is 0 Å². The minimum absolute atomic E-state index is 0.157. The monoisotopic (exact) mass is 465 g/mol. The molecule has 1 fully saturated rings. The van der Waals surface area contributed by atoms with Gasteiger partial charge in [-0.1, -0.05) is 30.0 Å². The third-order valence-corrected chi connectivity index (χ3v) is 7.14. The van der Waals surface area contributed by atoms with E-state index in [4.69, 9.17) is 4.74 Å². The molecule has 1 saturated heterocycles. The second-order valence-electron chi connectivity index (χ2n) is 8.36. The molecule has 1 aromatic heterocycles. The van der Waals surface area contributed by atoms with Crippen molar-refractivity contribution in [1.82, 2.24) is 24.6 Å². The van der Waals surface area contributed by atoms with Crippen LogP contribution in [0.1, 0.15) is 16.7 Å². The van der Waals surface area contributed by atoms with Gasteiger partial charge in [-0.15, -0.1) is 10.2 Å². The topological polar surface area (TPSA) is 63.5 Å². The average Bonchev–Trinajstić information content (AvgIpc) is 3.32. The number of thioether (sulfide) groups is 1. The van der Waals surface area contributed by atoms with Crippen molar-refractivity contribution < 1.29 is 9.53 Å². The number of aromatic nitrogens is 3. The molecule has 7 nitrogen and oxygen atoms in total. The van der Waals surface area contributed by atoms with Crippen molar-refractivity contribution in [3.63, 3.8) is 0 Å². The first-order chi connectivity index (χ1) is 16.0. The number of nitrogens with zero attached hydrogens (tertiary/aromatic N) is 5. The van der Waals surface area contributed by atoms with Crippen molar-refractivity contribution in [2.75, 3.05) is 45.6 Å². The summed E-state index contributed by atoms with van der Waals surface area (Å²) in [5, 5.41) is 9.03. The van der Waals surface area contributed by atoms with E-state index in [1.807, 2.05) is 21.6 Å². The van der Waals surface area contributed by atoms with Gasteiger partial charge in [-0.05, 0) is 61.2 Å². The number of carbonyl (C=O) groups excluding carboxylic acids is 1. The summed E-state index contributed by atoms with van der Waals surface area (Å²) >= 11 is 1.45. The summed E-state index contributed by atoms with van der Waals surface area (Å²) < 4.78 is 7.17. The number of piperazine rings is 1. The summed E-state index contributed by atoms with van der Waals surface area (Å²) in [6.45, 7) is 8.55. The first kappa shape index (κ1) is 23.3. The Labute approximate surface area is 199 Å². The molecule has 0 N–H and O–H groups in total. The summed E-state index contributed by atoms with van der Waals surface area (Å²) in [5.41, 5.74) is 4.79. The minimum Gasteiger partial charge on any atom is -0.497 e. The van der Waals surface area contributed by atoms with E-state index in [0.717, 1.165) is 55.7 Å². The number of methoxy groups -OCH3 is 1. The van der Waals surface area contributed by atoms with Gasteiger partial charge in [0, 0.05) is 38.4 Å². The number of ether oxygens (including phenoxy) is 1. The first-order valence-electron chi connectivity index (χ1n) is 11.3.